The van der Waals surface area contributed by atoms with Crippen molar-refractivity contribution in [3.8, 4) is 0 Å². The largest absolute Gasteiger partial charge is 0.338 e. The van der Waals surface area contributed by atoms with Gasteiger partial charge in [0, 0.05) is 26.2 Å². The van der Waals surface area contributed by atoms with E-state index in [-0.39, 0.29) is 33.5 Å². The second-order valence-electron chi connectivity index (χ2n) is 12.0. The Labute approximate surface area is 181 Å². The zero-order valence-corrected chi connectivity index (χ0v) is 19.4. The molecule has 0 aromatic heterocycles. The first kappa shape index (κ1) is 20.3. The van der Waals surface area contributed by atoms with E-state index in [1.165, 1.54) is 0 Å². The highest BCUT2D eigenvalue weighted by molar-refractivity contribution is 5.89. The van der Waals surface area contributed by atoms with E-state index in [2.05, 4.69) is 40.9 Å². The molecule has 4 unspecified atom stereocenters. The van der Waals surface area contributed by atoms with E-state index in [0.29, 0.717) is 38.0 Å². The molecule has 4 heteroatoms. The molecule has 0 aromatic rings. The molecule has 4 nitrogen and oxygen atoms in total. The Morgan fingerprint density at radius 2 is 1.07 bits per heavy atom. The van der Waals surface area contributed by atoms with Gasteiger partial charge in [0.05, 0.1) is 10.8 Å². The van der Waals surface area contributed by atoms with Gasteiger partial charge in [-0.2, -0.15) is 0 Å². The van der Waals surface area contributed by atoms with Crippen LogP contribution in [0.4, 0.5) is 0 Å². The van der Waals surface area contributed by atoms with Gasteiger partial charge in [-0.1, -0.05) is 52.0 Å². The third kappa shape index (κ3) is 2.29. The molecule has 2 amide bonds. The molecule has 0 spiro atoms. The van der Waals surface area contributed by atoms with Crippen LogP contribution in [0.5, 0.6) is 0 Å². The molecule has 164 valence electrons. The summed E-state index contributed by atoms with van der Waals surface area (Å²) in [6.45, 7) is 20.4. The maximum Gasteiger partial charge on any atom is 0.233 e. The van der Waals surface area contributed by atoms with Gasteiger partial charge >= 0.3 is 0 Å². The van der Waals surface area contributed by atoms with Crippen molar-refractivity contribution in [3.63, 3.8) is 0 Å². The van der Waals surface area contributed by atoms with E-state index in [4.69, 9.17) is 0 Å². The Morgan fingerprint density at radius 1 is 0.733 bits per heavy atom. The molecule has 4 aliphatic carbocycles. The van der Waals surface area contributed by atoms with E-state index >= 15 is 0 Å². The molecule has 4 atom stereocenters. The number of amides is 2. The lowest BCUT2D eigenvalue weighted by Crippen LogP contribution is -2.56. The lowest BCUT2D eigenvalue weighted by atomic mass is 9.67. The minimum absolute atomic E-state index is 0.0690. The average molecular weight is 411 g/mol. The molecule has 1 aliphatic heterocycles. The van der Waals surface area contributed by atoms with Crippen molar-refractivity contribution in [2.24, 2.45) is 33.5 Å². The van der Waals surface area contributed by atoms with Gasteiger partial charge in [-0.15, -0.1) is 0 Å². The van der Waals surface area contributed by atoms with E-state index in [9.17, 15) is 9.59 Å². The standard InChI is InChI=1S/C26H38N2O2/c1-17-23(3,4)19-7-9-25(17,15-19)21(29)27-11-13-28(14-12-27)22(30)26-10-8-20(16-26)24(5,6)18(26)2/h19-20H,1-2,7-16H2,3-6H3. The minimum Gasteiger partial charge on any atom is -0.338 e. The third-order valence-corrected chi connectivity index (χ3v) is 10.5. The summed E-state index contributed by atoms with van der Waals surface area (Å²) in [5.74, 6) is 1.72. The third-order valence-electron chi connectivity index (χ3n) is 10.5. The Morgan fingerprint density at radius 3 is 1.33 bits per heavy atom. The smallest absolute Gasteiger partial charge is 0.233 e. The second-order valence-corrected chi connectivity index (χ2v) is 12.0. The average Bonchev–Trinajstić information content (AvgIpc) is 3.45. The summed E-state index contributed by atoms with van der Waals surface area (Å²) >= 11 is 0. The van der Waals surface area contributed by atoms with Crippen molar-refractivity contribution in [3.05, 3.63) is 24.3 Å². The normalized spacial score (nSPS) is 41.1. The van der Waals surface area contributed by atoms with Crippen molar-refractivity contribution in [1.29, 1.82) is 0 Å². The van der Waals surface area contributed by atoms with Gasteiger partial charge in [0.2, 0.25) is 11.8 Å². The van der Waals surface area contributed by atoms with Gasteiger partial charge in [-0.3, -0.25) is 9.59 Å². The summed E-state index contributed by atoms with van der Waals surface area (Å²) in [4.78, 5) is 31.3. The Hall–Kier alpha value is -1.58. The fourth-order valence-corrected chi connectivity index (χ4v) is 7.96. The molecule has 4 bridgehead atoms. The fraction of sp³-hybridized carbons (Fsp3) is 0.769. The van der Waals surface area contributed by atoms with Gasteiger partial charge in [-0.25, -0.2) is 0 Å². The van der Waals surface area contributed by atoms with E-state index < -0.39 is 0 Å². The van der Waals surface area contributed by atoms with Gasteiger partial charge in [0.1, 0.15) is 0 Å². The van der Waals surface area contributed by atoms with Gasteiger partial charge in [-0.05, 0) is 61.2 Å². The molecule has 5 fully saturated rings. The van der Waals surface area contributed by atoms with E-state index in [0.717, 1.165) is 49.7 Å². The lowest BCUT2D eigenvalue weighted by Gasteiger charge is -2.44. The Kier molecular flexibility index (Phi) is 4.07. The molecule has 30 heavy (non-hydrogen) atoms. The molecular formula is C26H38N2O2. The van der Waals surface area contributed by atoms with Gasteiger partial charge in [0.15, 0.2) is 0 Å². The number of hydrogen-bond donors (Lipinski definition) is 0. The molecule has 0 N–H and O–H groups in total. The van der Waals surface area contributed by atoms with Crippen LogP contribution >= 0.6 is 0 Å². The molecule has 0 aromatic carbocycles. The van der Waals surface area contributed by atoms with Crippen molar-refractivity contribution in [2.75, 3.05) is 26.2 Å². The van der Waals surface area contributed by atoms with Crippen LogP contribution in [0.2, 0.25) is 0 Å². The monoisotopic (exact) mass is 410 g/mol. The van der Waals surface area contributed by atoms with Crippen molar-refractivity contribution < 1.29 is 9.59 Å². The highest BCUT2D eigenvalue weighted by Crippen LogP contribution is 2.67. The fourth-order valence-electron chi connectivity index (χ4n) is 7.96. The molecule has 5 rings (SSSR count). The summed E-state index contributed by atoms with van der Waals surface area (Å²) in [6, 6.07) is 0. The van der Waals surface area contributed by atoms with Crippen molar-refractivity contribution in [1.82, 2.24) is 9.80 Å². The summed E-state index contributed by atoms with van der Waals surface area (Å²) in [5, 5.41) is 0. The van der Waals surface area contributed by atoms with Crippen LogP contribution < -0.4 is 0 Å². The molecule has 5 aliphatic rings. The van der Waals surface area contributed by atoms with Gasteiger partial charge < -0.3 is 9.80 Å². The van der Waals surface area contributed by atoms with Crippen LogP contribution in [0.15, 0.2) is 24.3 Å². The number of nitrogens with zero attached hydrogens (tertiary/aromatic N) is 2. The van der Waals surface area contributed by atoms with Crippen LogP contribution in [-0.2, 0) is 9.59 Å². The number of piperazine rings is 1. The van der Waals surface area contributed by atoms with Crippen molar-refractivity contribution in [2.45, 2.75) is 66.2 Å². The maximum absolute atomic E-state index is 13.6. The number of fused-ring (bicyclic) bond motifs is 4. The molecule has 0 radical (unpaired) electrons. The zero-order chi connectivity index (χ0) is 21.7. The quantitative estimate of drug-likeness (QED) is 0.632. The predicted octanol–water partition coefficient (Wildman–Crippen LogP) is 4.42. The molecule has 4 saturated carbocycles. The van der Waals surface area contributed by atoms with Crippen LogP contribution in [0.1, 0.15) is 66.2 Å². The minimum atomic E-state index is -0.346. The van der Waals surface area contributed by atoms with Crippen LogP contribution in [0.25, 0.3) is 0 Å². The number of carbonyl (C=O) groups is 2. The zero-order valence-electron chi connectivity index (χ0n) is 19.4. The van der Waals surface area contributed by atoms with Crippen LogP contribution in [0.3, 0.4) is 0 Å². The first-order chi connectivity index (χ1) is 14.0. The van der Waals surface area contributed by atoms with Gasteiger partial charge in [0.25, 0.3) is 0 Å². The van der Waals surface area contributed by atoms with Crippen LogP contribution in [-0.4, -0.2) is 47.8 Å². The summed E-state index contributed by atoms with van der Waals surface area (Å²) in [7, 11) is 0. The summed E-state index contributed by atoms with van der Waals surface area (Å²) in [6.07, 6.45) is 6.12. The van der Waals surface area contributed by atoms with Crippen molar-refractivity contribution >= 4 is 11.8 Å². The highest BCUT2D eigenvalue weighted by Gasteiger charge is 2.63. The first-order valence-corrected chi connectivity index (χ1v) is 12.0. The first-order valence-electron chi connectivity index (χ1n) is 12.0. The Bertz CT molecular complexity index is 777. The summed E-state index contributed by atoms with van der Waals surface area (Å²) in [5.41, 5.74) is 1.74. The van der Waals surface area contributed by atoms with E-state index in [1.54, 1.807) is 0 Å². The van der Waals surface area contributed by atoms with Crippen LogP contribution in [0, 0.1) is 33.5 Å². The lowest BCUT2D eigenvalue weighted by molar-refractivity contribution is -0.148. The Balaban J connectivity index is 1.28. The highest BCUT2D eigenvalue weighted by atomic mass is 16.2. The predicted molar refractivity (Wildman–Crippen MR) is 119 cm³/mol. The number of carbonyl (C=O) groups excluding carboxylic acids is 2. The number of rotatable bonds is 2. The maximum atomic E-state index is 13.6. The molecular weight excluding hydrogens is 372 g/mol. The SMILES string of the molecule is C=C1C2(C(=O)N3CCN(C(=O)C45CCC(C4)C(C)(C)C5=C)CC3)CCC(C2)C1(C)C. The van der Waals surface area contributed by atoms with E-state index in [1.807, 2.05) is 9.80 Å². The molecule has 1 heterocycles. The molecule has 1 saturated heterocycles. The number of hydrogen-bond acceptors (Lipinski definition) is 2. The topological polar surface area (TPSA) is 40.6 Å². The second kappa shape index (κ2) is 6.01. The summed E-state index contributed by atoms with van der Waals surface area (Å²) < 4.78 is 0.